The molecule has 1 saturated heterocycles. The molecule has 0 aromatic heterocycles. The lowest BCUT2D eigenvalue weighted by Crippen LogP contribution is -2.43. The number of allylic oxidation sites excluding steroid dienone is 1. The molecule has 0 radical (unpaired) electrons. The van der Waals surface area contributed by atoms with Crippen LogP contribution in [-0.4, -0.2) is 52.1 Å². The van der Waals surface area contributed by atoms with Gasteiger partial charge in [-0.05, 0) is 69.6 Å². The molecule has 6 nitrogen and oxygen atoms in total. The van der Waals surface area contributed by atoms with Crippen LogP contribution in [0.4, 0.5) is 0 Å². The lowest BCUT2D eigenvalue weighted by Gasteiger charge is -2.38. The summed E-state index contributed by atoms with van der Waals surface area (Å²) in [6.45, 7) is 16.6. The van der Waals surface area contributed by atoms with Gasteiger partial charge in [-0.25, -0.2) is 4.79 Å². The summed E-state index contributed by atoms with van der Waals surface area (Å²) in [6, 6.07) is 10.2. The van der Waals surface area contributed by atoms with Gasteiger partial charge in [0.25, 0.3) is 0 Å². The second-order valence-corrected chi connectivity index (χ2v) is 16.7. The molecular formula is C31H50O6Si. The highest BCUT2D eigenvalue weighted by molar-refractivity contribution is 6.74. The smallest absolute Gasteiger partial charge is 0.330 e. The molecule has 1 aromatic rings. The molecule has 1 heterocycles. The zero-order chi connectivity index (χ0) is 28.2. The summed E-state index contributed by atoms with van der Waals surface area (Å²) in [6.07, 6.45) is 11.8. The third-order valence-electron chi connectivity index (χ3n) is 7.19. The summed E-state index contributed by atoms with van der Waals surface area (Å²) in [5.41, 5.74) is 1.18. The van der Waals surface area contributed by atoms with E-state index in [0.717, 1.165) is 32.1 Å². The van der Waals surface area contributed by atoms with Crippen LogP contribution in [0.2, 0.25) is 18.1 Å². The fourth-order valence-corrected chi connectivity index (χ4v) is 5.37. The molecule has 0 spiro atoms. The Balaban J connectivity index is 1.97. The van der Waals surface area contributed by atoms with Crippen molar-refractivity contribution >= 4 is 14.3 Å². The van der Waals surface area contributed by atoms with Crippen molar-refractivity contribution in [1.82, 2.24) is 0 Å². The number of hydrogen-bond acceptors (Lipinski definition) is 6. The molecule has 38 heavy (non-hydrogen) atoms. The zero-order valence-corrected chi connectivity index (χ0v) is 25.8. The number of esters is 1. The predicted molar refractivity (Wildman–Crippen MR) is 155 cm³/mol. The minimum absolute atomic E-state index is 0.0235. The van der Waals surface area contributed by atoms with Crippen LogP contribution >= 0.6 is 0 Å². The Morgan fingerprint density at radius 2 is 1.84 bits per heavy atom. The average Bonchev–Trinajstić information content (AvgIpc) is 3.14. The SMILES string of the molecule is COC(=O)/C=C/CCC[C@@H](/C=C/[C@@H]1OC(C)(C)O[C@H]1CCCOCc1ccccc1)O[Si](C)(C)C(C)(C)C. The van der Waals surface area contributed by atoms with Gasteiger partial charge in [0.2, 0.25) is 0 Å². The molecule has 1 aliphatic rings. The van der Waals surface area contributed by atoms with Crippen LogP contribution in [0.25, 0.3) is 0 Å². The molecule has 7 heteroatoms. The Kier molecular flexibility index (Phi) is 12.9. The lowest BCUT2D eigenvalue weighted by atomic mass is 10.1. The van der Waals surface area contributed by atoms with Gasteiger partial charge in [0.05, 0.1) is 25.9 Å². The minimum atomic E-state index is -1.97. The molecule has 1 aromatic carbocycles. The van der Waals surface area contributed by atoms with E-state index in [9.17, 15) is 4.79 Å². The van der Waals surface area contributed by atoms with Crippen LogP contribution in [0.5, 0.6) is 0 Å². The molecule has 2 rings (SSSR count). The van der Waals surface area contributed by atoms with Crippen molar-refractivity contribution in [2.45, 2.75) is 116 Å². The second kappa shape index (κ2) is 15.1. The summed E-state index contributed by atoms with van der Waals surface area (Å²) >= 11 is 0. The molecule has 0 aliphatic carbocycles. The van der Waals surface area contributed by atoms with Crippen LogP contribution in [0, 0.1) is 0 Å². The number of benzene rings is 1. The largest absolute Gasteiger partial charge is 0.466 e. The summed E-state index contributed by atoms with van der Waals surface area (Å²) in [5.74, 6) is -0.949. The summed E-state index contributed by atoms with van der Waals surface area (Å²) in [7, 11) is -0.582. The van der Waals surface area contributed by atoms with Crippen molar-refractivity contribution in [2.24, 2.45) is 0 Å². The number of carbonyl (C=O) groups is 1. The standard InChI is InChI=1S/C31H50O6Si/c1-30(2,3)38(7,8)37-26(18-13-10-14-20-29(32)33-6)21-22-28-27(35-31(4,5)36-28)19-15-23-34-24-25-16-11-9-12-17-25/h9,11-12,14,16-17,20-22,26-28H,10,13,15,18-19,23-24H2,1-8H3/b20-14+,22-21+/t26-,27-,28-/m0/s1. The number of methoxy groups -OCH3 is 1. The van der Waals surface area contributed by atoms with Gasteiger partial charge in [0.1, 0.15) is 6.10 Å². The number of carbonyl (C=O) groups excluding carboxylic acids is 1. The fourth-order valence-electron chi connectivity index (χ4n) is 4.07. The van der Waals surface area contributed by atoms with Gasteiger partial charge >= 0.3 is 5.97 Å². The molecule has 0 bridgehead atoms. The van der Waals surface area contributed by atoms with Gasteiger partial charge in [0, 0.05) is 12.7 Å². The van der Waals surface area contributed by atoms with E-state index in [2.05, 4.69) is 62.9 Å². The number of ether oxygens (including phenoxy) is 4. The lowest BCUT2D eigenvalue weighted by molar-refractivity contribution is -0.143. The molecule has 0 N–H and O–H groups in total. The minimum Gasteiger partial charge on any atom is -0.466 e. The number of unbranched alkanes of at least 4 members (excludes halogenated alkanes) is 1. The van der Waals surface area contributed by atoms with Crippen molar-refractivity contribution in [3.8, 4) is 0 Å². The van der Waals surface area contributed by atoms with Gasteiger partial charge in [-0.3, -0.25) is 0 Å². The van der Waals surface area contributed by atoms with Crippen LogP contribution < -0.4 is 0 Å². The zero-order valence-electron chi connectivity index (χ0n) is 24.8. The molecule has 0 saturated carbocycles. The maximum atomic E-state index is 11.3. The van der Waals surface area contributed by atoms with Crippen molar-refractivity contribution in [2.75, 3.05) is 13.7 Å². The Morgan fingerprint density at radius 1 is 1.13 bits per heavy atom. The topological polar surface area (TPSA) is 63.2 Å². The molecular weight excluding hydrogens is 496 g/mol. The van der Waals surface area contributed by atoms with E-state index >= 15 is 0 Å². The van der Waals surface area contributed by atoms with E-state index in [4.69, 9.17) is 18.6 Å². The van der Waals surface area contributed by atoms with Crippen molar-refractivity contribution in [1.29, 1.82) is 0 Å². The molecule has 0 amide bonds. The quantitative estimate of drug-likeness (QED) is 0.0753. The first kappa shape index (κ1) is 32.4. The van der Waals surface area contributed by atoms with E-state index in [1.54, 1.807) is 0 Å². The van der Waals surface area contributed by atoms with Crippen LogP contribution in [0.15, 0.2) is 54.6 Å². The molecule has 3 atom stereocenters. The van der Waals surface area contributed by atoms with Crippen LogP contribution in [0.1, 0.15) is 72.3 Å². The highest BCUT2D eigenvalue weighted by Crippen LogP contribution is 2.38. The maximum absolute atomic E-state index is 11.3. The highest BCUT2D eigenvalue weighted by atomic mass is 28.4. The Bertz CT molecular complexity index is 887. The first-order valence-corrected chi connectivity index (χ1v) is 16.8. The number of rotatable bonds is 15. The van der Waals surface area contributed by atoms with Crippen LogP contribution in [-0.2, 0) is 34.8 Å². The number of hydrogen-bond donors (Lipinski definition) is 0. The normalized spacial score (nSPS) is 20.8. The average molecular weight is 547 g/mol. The molecule has 1 fully saturated rings. The maximum Gasteiger partial charge on any atom is 0.330 e. The monoisotopic (exact) mass is 546 g/mol. The van der Waals surface area contributed by atoms with Gasteiger partial charge < -0.3 is 23.4 Å². The first-order valence-electron chi connectivity index (χ1n) is 13.9. The third-order valence-corrected chi connectivity index (χ3v) is 11.7. The molecule has 1 aliphatic heterocycles. The Labute approximate surface area is 231 Å². The van der Waals surface area contributed by atoms with Crippen molar-refractivity contribution < 1.29 is 28.2 Å². The van der Waals surface area contributed by atoms with E-state index in [0.29, 0.717) is 13.2 Å². The summed E-state index contributed by atoms with van der Waals surface area (Å²) < 4.78 is 29.8. The van der Waals surface area contributed by atoms with Gasteiger partial charge in [-0.2, -0.15) is 0 Å². The van der Waals surface area contributed by atoms with E-state index in [1.807, 2.05) is 38.1 Å². The van der Waals surface area contributed by atoms with E-state index in [-0.39, 0.29) is 29.3 Å². The van der Waals surface area contributed by atoms with E-state index < -0.39 is 14.1 Å². The van der Waals surface area contributed by atoms with Crippen LogP contribution in [0.3, 0.4) is 0 Å². The van der Waals surface area contributed by atoms with Crippen molar-refractivity contribution in [3.05, 3.63) is 60.2 Å². The highest BCUT2D eigenvalue weighted by Gasteiger charge is 2.41. The van der Waals surface area contributed by atoms with Gasteiger partial charge in [-0.15, -0.1) is 0 Å². The first-order chi connectivity index (χ1) is 17.8. The Hall–Kier alpha value is -1.77. The van der Waals surface area contributed by atoms with Gasteiger partial charge in [-0.1, -0.05) is 69.3 Å². The van der Waals surface area contributed by atoms with Gasteiger partial charge in [0.15, 0.2) is 14.1 Å². The fraction of sp³-hybridized carbons (Fsp3) is 0.645. The van der Waals surface area contributed by atoms with E-state index in [1.165, 1.54) is 18.7 Å². The summed E-state index contributed by atoms with van der Waals surface area (Å²) in [4.78, 5) is 11.3. The molecule has 214 valence electrons. The summed E-state index contributed by atoms with van der Waals surface area (Å²) in [5, 5.41) is 0.112. The Morgan fingerprint density at radius 3 is 2.50 bits per heavy atom. The molecule has 0 unspecified atom stereocenters. The predicted octanol–water partition coefficient (Wildman–Crippen LogP) is 7.35. The third kappa shape index (κ3) is 11.5. The second-order valence-electron chi connectivity index (χ2n) is 12.0. The van der Waals surface area contributed by atoms with Crippen molar-refractivity contribution in [3.63, 3.8) is 0 Å².